The Labute approximate surface area is 179 Å². The first kappa shape index (κ1) is 20.0. The van der Waals surface area contributed by atoms with Crippen molar-refractivity contribution in [2.45, 2.75) is 6.54 Å². The number of hydrogen-bond acceptors (Lipinski definition) is 8. The molecule has 0 unspecified atom stereocenters. The minimum Gasteiger partial charge on any atom is -0.504 e. The van der Waals surface area contributed by atoms with E-state index in [2.05, 4.69) is 20.4 Å². The van der Waals surface area contributed by atoms with Gasteiger partial charge >= 0.3 is 5.97 Å². The number of carboxylic acid groups (broad SMARTS) is 1. The normalized spacial score (nSPS) is 10.7. The van der Waals surface area contributed by atoms with Crippen molar-refractivity contribution in [3.8, 4) is 22.4 Å². The van der Waals surface area contributed by atoms with Crippen molar-refractivity contribution in [3.05, 3.63) is 59.7 Å². The molecule has 4 aromatic rings. The highest BCUT2D eigenvalue weighted by Gasteiger charge is 2.23. The van der Waals surface area contributed by atoms with Crippen LogP contribution in [0, 0.1) is 11.3 Å². The van der Waals surface area contributed by atoms with Crippen molar-refractivity contribution in [3.63, 3.8) is 0 Å². The summed E-state index contributed by atoms with van der Waals surface area (Å²) in [5.74, 6) is -2.61. The Kier molecular flexibility index (Phi) is 5.30. The van der Waals surface area contributed by atoms with Gasteiger partial charge in [0.15, 0.2) is 17.1 Å². The Hall–Kier alpha value is -4.30. The van der Waals surface area contributed by atoms with Gasteiger partial charge in [-0.1, -0.05) is 30.3 Å². The predicted molar refractivity (Wildman–Crippen MR) is 111 cm³/mol. The van der Waals surface area contributed by atoms with Gasteiger partial charge in [-0.05, 0) is 5.56 Å². The second-order valence-corrected chi connectivity index (χ2v) is 7.45. The zero-order valence-electron chi connectivity index (χ0n) is 15.8. The number of pyridine rings is 1. The number of fused-ring (bicyclic) bond motifs is 1. The van der Waals surface area contributed by atoms with Crippen molar-refractivity contribution < 1.29 is 19.8 Å². The number of aromatic hydroxyl groups is 1. The van der Waals surface area contributed by atoms with Crippen molar-refractivity contribution in [1.82, 2.24) is 25.1 Å². The summed E-state index contributed by atoms with van der Waals surface area (Å²) in [4.78, 5) is 31.1. The number of hydrogen-bond donors (Lipinski definition) is 3. The van der Waals surface area contributed by atoms with Crippen molar-refractivity contribution in [2.24, 2.45) is 0 Å². The number of carbonyl (C=O) groups excluding carboxylic acids is 1. The monoisotopic (exact) mass is 434 g/mol. The van der Waals surface area contributed by atoms with Crippen molar-refractivity contribution >= 4 is 33.4 Å². The summed E-state index contributed by atoms with van der Waals surface area (Å²) in [6.07, 6.45) is 3.42. The summed E-state index contributed by atoms with van der Waals surface area (Å²) >= 11 is 1.08. The molecule has 3 N–H and O–H groups in total. The van der Waals surface area contributed by atoms with Gasteiger partial charge < -0.3 is 15.5 Å². The van der Waals surface area contributed by atoms with Gasteiger partial charge in [0, 0.05) is 11.8 Å². The Bertz CT molecular complexity index is 1340. The SMILES string of the molecule is N#Cc1nc(C(=O)NCC(=O)O)c(O)c2sc(-c3cnn(Cc4ccccc4)c3)nc12. The quantitative estimate of drug-likeness (QED) is 0.416. The van der Waals surface area contributed by atoms with Crippen LogP contribution in [0.25, 0.3) is 20.8 Å². The molecule has 0 atom stereocenters. The van der Waals surface area contributed by atoms with Gasteiger partial charge in [-0.25, -0.2) is 9.97 Å². The van der Waals surface area contributed by atoms with Gasteiger partial charge in [0.25, 0.3) is 5.91 Å². The lowest BCUT2D eigenvalue weighted by Crippen LogP contribution is -2.30. The maximum absolute atomic E-state index is 12.2. The number of carboxylic acids is 1. The zero-order chi connectivity index (χ0) is 22.0. The molecule has 1 amide bonds. The van der Waals surface area contributed by atoms with E-state index in [0.717, 1.165) is 16.9 Å². The second kappa shape index (κ2) is 8.21. The fourth-order valence-corrected chi connectivity index (χ4v) is 3.88. The first-order valence-corrected chi connectivity index (χ1v) is 9.78. The van der Waals surface area contributed by atoms with Crippen molar-refractivity contribution in [1.29, 1.82) is 5.26 Å². The Morgan fingerprint density at radius 1 is 1.23 bits per heavy atom. The summed E-state index contributed by atoms with van der Waals surface area (Å²) in [5, 5.41) is 35.6. The van der Waals surface area contributed by atoms with Crippen LogP contribution < -0.4 is 5.32 Å². The number of carbonyl (C=O) groups is 2. The lowest BCUT2D eigenvalue weighted by Gasteiger charge is -2.05. The molecular formula is C20H14N6O4S. The van der Waals surface area contributed by atoms with Crippen LogP contribution in [0.4, 0.5) is 0 Å². The van der Waals surface area contributed by atoms with Crippen LogP contribution in [0.15, 0.2) is 42.7 Å². The van der Waals surface area contributed by atoms with Crippen LogP contribution in [-0.4, -0.2) is 48.4 Å². The molecule has 0 saturated heterocycles. The smallest absolute Gasteiger partial charge is 0.322 e. The lowest BCUT2D eigenvalue weighted by molar-refractivity contribution is -0.135. The fraction of sp³-hybridized carbons (Fsp3) is 0.100. The molecule has 154 valence electrons. The number of aromatic nitrogens is 4. The van der Waals surface area contributed by atoms with E-state index in [1.807, 2.05) is 36.4 Å². The van der Waals surface area contributed by atoms with Crippen LogP contribution in [0.3, 0.4) is 0 Å². The van der Waals surface area contributed by atoms with Crippen LogP contribution in [0.2, 0.25) is 0 Å². The van der Waals surface area contributed by atoms with Gasteiger partial charge in [0.05, 0.1) is 12.7 Å². The van der Waals surface area contributed by atoms with Gasteiger partial charge in [0.2, 0.25) is 0 Å². The molecule has 31 heavy (non-hydrogen) atoms. The van der Waals surface area contributed by atoms with Crippen LogP contribution in [-0.2, 0) is 11.3 Å². The molecule has 0 radical (unpaired) electrons. The topological polar surface area (TPSA) is 154 Å². The molecule has 0 aliphatic heterocycles. The molecule has 11 heteroatoms. The largest absolute Gasteiger partial charge is 0.504 e. The average molecular weight is 434 g/mol. The van der Waals surface area contributed by atoms with Crippen LogP contribution >= 0.6 is 11.3 Å². The molecule has 0 aliphatic rings. The third-order valence-electron chi connectivity index (χ3n) is 4.30. The van der Waals surface area contributed by atoms with E-state index in [1.54, 1.807) is 17.1 Å². The molecule has 4 rings (SSSR count). The average Bonchev–Trinajstić information content (AvgIpc) is 3.41. The Balaban J connectivity index is 1.69. The standard InChI is InChI=1S/C20H14N6O4S/c21-6-13-15-18(17(29)16(24-13)19(30)22-8-14(27)28)31-20(25-15)12-7-23-26(10-12)9-11-4-2-1-3-5-11/h1-5,7,10,29H,8-9H2,(H,22,30)(H,27,28). The molecule has 0 aliphatic carbocycles. The molecule has 0 spiro atoms. The number of nitrogens with one attached hydrogen (secondary N) is 1. The van der Waals surface area contributed by atoms with Gasteiger partial charge in [-0.15, -0.1) is 11.3 Å². The molecule has 3 aromatic heterocycles. The predicted octanol–water partition coefficient (Wildman–Crippen LogP) is 1.99. The van der Waals surface area contributed by atoms with Gasteiger partial charge in [-0.3, -0.25) is 14.3 Å². The molecule has 1 aromatic carbocycles. The van der Waals surface area contributed by atoms with Gasteiger partial charge in [-0.2, -0.15) is 10.4 Å². The maximum atomic E-state index is 12.2. The zero-order valence-corrected chi connectivity index (χ0v) is 16.6. The van der Waals surface area contributed by atoms with Crippen LogP contribution in [0.1, 0.15) is 21.7 Å². The number of thiazole rings is 1. The molecule has 0 saturated carbocycles. The first-order chi connectivity index (χ1) is 15.0. The second-order valence-electron chi connectivity index (χ2n) is 6.45. The van der Waals surface area contributed by atoms with E-state index in [9.17, 15) is 20.0 Å². The molecule has 0 bridgehead atoms. The number of nitrogens with zero attached hydrogens (tertiary/aromatic N) is 5. The third-order valence-corrected chi connectivity index (χ3v) is 5.41. The number of amides is 1. The number of aliphatic carboxylic acids is 1. The summed E-state index contributed by atoms with van der Waals surface area (Å²) in [5.41, 5.74) is 1.34. The fourth-order valence-electron chi connectivity index (χ4n) is 2.90. The van der Waals surface area contributed by atoms with E-state index in [4.69, 9.17) is 5.11 Å². The minimum absolute atomic E-state index is 0.146. The van der Waals surface area contributed by atoms with E-state index < -0.39 is 29.9 Å². The molecule has 3 heterocycles. The summed E-state index contributed by atoms with van der Waals surface area (Å²) in [6.45, 7) is -0.0791. The highest BCUT2D eigenvalue weighted by Crippen LogP contribution is 2.38. The molecular weight excluding hydrogens is 420 g/mol. The number of nitriles is 1. The van der Waals surface area contributed by atoms with E-state index >= 15 is 0 Å². The molecule has 10 nitrogen and oxygen atoms in total. The highest BCUT2D eigenvalue weighted by atomic mass is 32.1. The lowest BCUT2D eigenvalue weighted by atomic mass is 10.2. The highest BCUT2D eigenvalue weighted by molar-refractivity contribution is 7.22. The Morgan fingerprint density at radius 3 is 2.71 bits per heavy atom. The van der Waals surface area contributed by atoms with E-state index in [0.29, 0.717) is 17.1 Å². The third kappa shape index (κ3) is 4.05. The Morgan fingerprint density at radius 2 is 2.00 bits per heavy atom. The number of rotatable bonds is 6. The van der Waals surface area contributed by atoms with Gasteiger partial charge in [0.1, 0.15) is 27.8 Å². The van der Waals surface area contributed by atoms with E-state index in [-0.39, 0.29) is 15.9 Å². The summed E-state index contributed by atoms with van der Waals surface area (Å²) in [6, 6.07) is 11.7. The maximum Gasteiger partial charge on any atom is 0.322 e. The van der Waals surface area contributed by atoms with Crippen molar-refractivity contribution in [2.75, 3.05) is 6.54 Å². The van der Waals surface area contributed by atoms with E-state index in [1.165, 1.54) is 0 Å². The molecule has 0 fully saturated rings. The van der Waals surface area contributed by atoms with Crippen LogP contribution in [0.5, 0.6) is 5.75 Å². The first-order valence-electron chi connectivity index (χ1n) is 8.96. The number of benzene rings is 1. The summed E-state index contributed by atoms with van der Waals surface area (Å²) in [7, 11) is 0. The minimum atomic E-state index is -1.25. The summed E-state index contributed by atoms with van der Waals surface area (Å²) < 4.78 is 1.95.